The molecule has 0 aliphatic heterocycles. The van der Waals surface area contributed by atoms with Gasteiger partial charge < -0.3 is 10.8 Å². The molecule has 3 N–H and O–H groups in total. The van der Waals surface area contributed by atoms with Gasteiger partial charge in [-0.3, -0.25) is 0 Å². The number of aliphatic hydroxyl groups excluding tert-OH is 1. The maximum atomic E-state index is 12.7. The summed E-state index contributed by atoms with van der Waals surface area (Å²) in [5.74, 6) is -4.73. The Kier molecular flexibility index (Phi) is 2.99. The fourth-order valence-corrected chi connectivity index (χ4v) is 1.89. The Bertz CT molecular complexity index is 234. The monoisotopic (exact) mass is 233 g/mol. The van der Waals surface area contributed by atoms with Gasteiger partial charge in [-0.25, -0.2) is 0 Å². The zero-order valence-electron chi connectivity index (χ0n) is 7.82. The molecule has 1 aliphatic carbocycles. The van der Waals surface area contributed by atoms with Crippen LogP contribution in [0.4, 0.5) is 22.0 Å². The predicted molar refractivity (Wildman–Crippen MR) is 42.3 cm³/mol. The number of alkyl halides is 5. The van der Waals surface area contributed by atoms with Crippen LogP contribution in [0.2, 0.25) is 0 Å². The van der Waals surface area contributed by atoms with Gasteiger partial charge in [0.1, 0.15) is 0 Å². The lowest BCUT2D eigenvalue weighted by atomic mass is 9.63. The molecule has 1 rings (SSSR count). The topological polar surface area (TPSA) is 46.2 Å². The summed E-state index contributed by atoms with van der Waals surface area (Å²) in [6, 6.07) is 0. The minimum absolute atomic E-state index is 0.0881. The van der Waals surface area contributed by atoms with Gasteiger partial charge >= 0.3 is 12.1 Å². The van der Waals surface area contributed by atoms with Crippen molar-refractivity contribution < 1.29 is 27.1 Å². The fraction of sp³-hybridized carbons (Fsp3) is 1.00. The highest BCUT2D eigenvalue weighted by molar-refractivity contribution is 4.99. The van der Waals surface area contributed by atoms with Crippen molar-refractivity contribution in [2.24, 2.45) is 11.1 Å². The van der Waals surface area contributed by atoms with E-state index in [4.69, 9.17) is 10.8 Å². The standard InChI is InChI=1S/C8H12F5NO/c9-7(10,8(11,12)13)3-6(4-14)1-5(15)2-6/h5,15H,1-4,14H2. The molecule has 7 heteroatoms. The molecule has 2 nitrogen and oxygen atoms in total. The van der Waals surface area contributed by atoms with Crippen molar-refractivity contribution >= 4 is 0 Å². The molecule has 90 valence electrons. The molecule has 0 spiro atoms. The number of aliphatic hydroxyl groups is 1. The first-order chi connectivity index (χ1) is 6.62. The molecule has 1 fully saturated rings. The minimum Gasteiger partial charge on any atom is -0.393 e. The summed E-state index contributed by atoms with van der Waals surface area (Å²) >= 11 is 0. The first-order valence-electron chi connectivity index (χ1n) is 4.45. The van der Waals surface area contributed by atoms with Gasteiger partial charge in [0, 0.05) is 6.42 Å². The number of halogens is 5. The van der Waals surface area contributed by atoms with Crippen molar-refractivity contribution in [1.82, 2.24) is 0 Å². The highest BCUT2D eigenvalue weighted by atomic mass is 19.4. The third kappa shape index (κ3) is 2.39. The third-order valence-corrected chi connectivity index (χ3v) is 2.78. The lowest BCUT2D eigenvalue weighted by Crippen LogP contribution is -2.52. The molecule has 0 atom stereocenters. The highest BCUT2D eigenvalue weighted by Gasteiger charge is 2.62. The first kappa shape index (κ1) is 12.6. The molecular formula is C8H12F5NO. The van der Waals surface area contributed by atoms with Gasteiger partial charge in [0.05, 0.1) is 6.10 Å². The normalized spacial score (nSPS) is 32.6. The Labute approximate surface area is 83.2 Å². The van der Waals surface area contributed by atoms with E-state index in [0.717, 1.165) is 0 Å². The van der Waals surface area contributed by atoms with Crippen molar-refractivity contribution in [3.05, 3.63) is 0 Å². The molecule has 1 aliphatic rings. The second kappa shape index (κ2) is 3.55. The van der Waals surface area contributed by atoms with Gasteiger partial charge in [-0.05, 0) is 24.8 Å². The molecule has 0 aromatic rings. The highest BCUT2D eigenvalue weighted by Crippen LogP contribution is 2.51. The Morgan fingerprint density at radius 2 is 1.67 bits per heavy atom. The Morgan fingerprint density at radius 3 is 1.93 bits per heavy atom. The number of rotatable bonds is 3. The van der Waals surface area contributed by atoms with Crippen LogP contribution in [0.3, 0.4) is 0 Å². The van der Waals surface area contributed by atoms with Gasteiger partial charge in [-0.1, -0.05) is 0 Å². The molecule has 15 heavy (non-hydrogen) atoms. The van der Waals surface area contributed by atoms with E-state index in [9.17, 15) is 22.0 Å². The van der Waals surface area contributed by atoms with Crippen LogP contribution in [-0.2, 0) is 0 Å². The van der Waals surface area contributed by atoms with Crippen LogP contribution in [0.15, 0.2) is 0 Å². The van der Waals surface area contributed by atoms with Crippen LogP contribution in [0.5, 0.6) is 0 Å². The van der Waals surface area contributed by atoms with E-state index in [1.54, 1.807) is 0 Å². The summed E-state index contributed by atoms with van der Waals surface area (Å²) in [5, 5.41) is 8.93. The SMILES string of the molecule is NCC1(CC(F)(F)C(F)(F)F)CC(O)C1. The summed E-state index contributed by atoms with van der Waals surface area (Å²) < 4.78 is 61.1. The Balaban J connectivity index is 2.68. The quantitative estimate of drug-likeness (QED) is 0.728. The summed E-state index contributed by atoms with van der Waals surface area (Å²) in [4.78, 5) is 0. The van der Waals surface area contributed by atoms with E-state index in [2.05, 4.69) is 0 Å². The van der Waals surface area contributed by atoms with E-state index in [1.165, 1.54) is 0 Å². The summed E-state index contributed by atoms with van der Waals surface area (Å²) in [5.41, 5.74) is 3.90. The smallest absolute Gasteiger partial charge is 0.393 e. The second-order valence-electron chi connectivity index (χ2n) is 4.15. The van der Waals surface area contributed by atoms with E-state index >= 15 is 0 Å². The average molecular weight is 233 g/mol. The van der Waals surface area contributed by atoms with E-state index in [1.807, 2.05) is 0 Å². The maximum absolute atomic E-state index is 12.7. The van der Waals surface area contributed by atoms with Crippen LogP contribution in [0.1, 0.15) is 19.3 Å². The number of hydrogen-bond donors (Lipinski definition) is 2. The number of nitrogens with two attached hydrogens (primary N) is 1. The predicted octanol–water partition coefficient (Wildman–Crippen LogP) is 1.67. The Hall–Kier alpha value is -0.430. The van der Waals surface area contributed by atoms with E-state index in [-0.39, 0.29) is 19.4 Å². The van der Waals surface area contributed by atoms with Crippen LogP contribution < -0.4 is 5.73 Å². The summed E-state index contributed by atoms with van der Waals surface area (Å²) in [6.07, 6.45) is -7.87. The molecule has 0 bridgehead atoms. The molecule has 0 radical (unpaired) electrons. The van der Waals surface area contributed by atoms with Gasteiger partial charge in [0.15, 0.2) is 0 Å². The van der Waals surface area contributed by atoms with E-state index in [0.29, 0.717) is 0 Å². The van der Waals surface area contributed by atoms with Gasteiger partial charge in [-0.15, -0.1) is 0 Å². The second-order valence-corrected chi connectivity index (χ2v) is 4.15. The molecule has 0 amide bonds. The van der Waals surface area contributed by atoms with Crippen LogP contribution in [0.25, 0.3) is 0 Å². The molecule has 0 aromatic carbocycles. The largest absolute Gasteiger partial charge is 0.453 e. The average Bonchev–Trinajstić information content (AvgIpc) is 1.98. The van der Waals surface area contributed by atoms with Crippen molar-refractivity contribution in [3.8, 4) is 0 Å². The van der Waals surface area contributed by atoms with Crippen LogP contribution in [0, 0.1) is 5.41 Å². The summed E-state index contributed by atoms with van der Waals surface area (Å²) in [6.45, 7) is -0.268. The first-order valence-corrected chi connectivity index (χ1v) is 4.45. The van der Waals surface area contributed by atoms with Crippen molar-refractivity contribution in [1.29, 1.82) is 0 Å². The molecule has 1 saturated carbocycles. The molecule has 0 saturated heterocycles. The van der Waals surface area contributed by atoms with Gasteiger partial charge in [-0.2, -0.15) is 22.0 Å². The van der Waals surface area contributed by atoms with Crippen molar-refractivity contribution in [2.45, 2.75) is 37.5 Å². The summed E-state index contributed by atoms with van der Waals surface area (Å²) in [7, 11) is 0. The lowest BCUT2D eigenvalue weighted by Gasteiger charge is -2.46. The van der Waals surface area contributed by atoms with E-state index < -0.39 is 30.0 Å². The molecule has 0 aromatic heterocycles. The number of hydrogen-bond acceptors (Lipinski definition) is 2. The zero-order chi connectivity index (χ0) is 11.9. The third-order valence-electron chi connectivity index (χ3n) is 2.78. The zero-order valence-corrected chi connectivity index (χ0v) is 7.82. The lowest BCUT2D eigenvalue weighted by molar-refractivity contribution is -0.298. The fourth-order valence-electron chi connectivity index (χ4n) is 1.89. The maximum Gasteiger partial charge on any atom is 0.453 e. The van der Waals surface area contributed by atoms with Crippen LogP contribution >= 0.6 is 0 Å². The molecule has 0 heterocycles. The van der Waals surface area contributed by atoms with Crippen molar-refractivity contribution in [2.75, 3.05) is 6.54 Å². The van der Waals surface area contributed by atoms with Gasteiger partial charge in [0.25, 0.3) is 0 Å². The van der Waals surface area contributed by atoms with Crippen LogP contribution in [-0.4, -0.2) is 29.9 Å². The molecule has 0 unspecified atom stereocenters. The van der Waals surface area contributed by atoms with Crippen molar-refractivity contribution in [3.63, 3.8) is 0 Å². The minimum atomic E-state index is -5.55. The van der Waals surface area contributed by atoms with Gasteiger partial charge in [0.2, 0.25) is 0 Å². The Morgan fingerprint density at radius 1 is 1.20 bits per heavy atom. The molecular weight excluding hydrogens is 221 g/mol.